The second kappa shape index (κ2) is 7.79. The number of nitrogens with one attached hydrogen (secondary N) is 1. The lowest BCUT2D eigenvalue weighted by molar-refractivity contribution is 0.0521. The predicted octanol–water partition coefficient (Wildman–Crippen LogP) is 2.61. The van der Waals surface area contributed by atoms with Crippen LogP contribution in [0.15, 0.2) is 18.2 Å². The Bertz CT molecular complexity index is 567. The SMILES string of the molecule is CC(C)(C)OC(=O)NCCN1CCN(c2ccc(F)cc2F)CC1. The summed E-state index contributed by atoms with van der Waals surface area (Å²) in [5.74, 6) is -1.10. The van der Waals surface area contributed by atoms with Gasteiger partial charge < -0.3 is 15.0 Å². The molecular formula is C17H25F2N3O2. The Hall–Kier alpha value is -1.89. The van der Waals surface area contributed by atoms with Gasteiger partial charge in [0.25, 0.3) is 0 Å². The van der Waals surface area contributed by atoms with Crippen molar-refractivity contribution in [1.29, 1.82) is 0 Å². The summed E-state index contributed by atoms with van der Waals surface area (Å²) >= 11 is 0. The molecule has 1 N–H and O–H groups in total. The maximum atomic E-state index is 13.8. The molecule has 0 atom stereocenters. The molecular weight excluding hydrogens is 316 g/mol. The van der Waals surface area contributed by atoms with Crippen LogP contribution >= 0.6 is 0 Å². The van der Waals surface area contributed by atoms with E-state index < -0.39 is 23.3 Å². The van der Waals surface area contributed by atoms with E-state index in [0.29, 0.717) is 31.9 Å². The number of carbonyl (C=O) groups excluding carboxylic acids is 1. The second-order valence-electron chi connectivity index (χ2n) is 6.85. The second-order valence-corrected chi connectivity index (χ2v) is 6.85. The first-order chi connectivity index (χ1) is 11.2. The van der Waals surface area contributed by atoms with E-state index in [9.17, 15) is 13.6 Å². The maximum Gasteiger partial charge on any atom is 0.407 e. The third kappa shape index (κ3) is 5.63. The van der Waals surface area contributed by atoms with E-state index in [-0.39, 0.29) is 0 Å². The maximum absolute atomic E-state index is 13.8. The number of hydrogen-bond donors (Lipinski definition) is 1. The van der Waals surface area contributed by atoms with E-state index in [1.54, 1.807) is 0 Å². The average molecular weight is 341 g/mol. The molecule has 1 saturated heterocycles. The van der Waals surface area contributed by atoms with Gasteiger partial charge in [0.1, 0.15) is 17.2 Å². The molecule has 1 amide bonds. The van der Waals surface area contributed by atoms with Crippen LogP contribution in [0.25, 0.3) is 0 Å². The Balaban J connectivity index is 1.72. The van der Waals surface area contributed by atoms with Crippen molar-refractivity contribution in [2.45, 2.75) is 26.4 Å². The minimum Gasteiger partial charge on any atom is -0.444 e. The number of benzene rings is 1. The van der Waals surface area contributed by atoms with Crippen molar-refractivity contribution in [3.63, 3.8) is 0 Å². The van der Waals surface area contributed by atoms with Crippen molar-refractivity contribution in [3.8, 4) is 0 Å². The first kappa shape index (κ1) is 18.4. The number of rotatable bonds is 4. The minimum atomic E-state index is -0.567. The summed E-state index contributed by atoms with van der Waals surface area (Å²) in [6.07, 6.45) is -0.422. The van der Waals surface area contributed by atoms with Gasteiger partial charge in [-0.25, -0.2) is 13.6 Å². The number of alkyl carbamates (subject to hydrolysis) is 1. The highest BCUT2D eigenvalue weighted by molar-refractivity contribution is 5.67. The van der Waals surface area contributed by atoms with Crippen molar-refractivity contribution in [3.05, 3.63) is 29.8 Å². The third-order valence-corrected chi connectivity index (χ3v) is 3.72. The van der Waals surface area contributed by atoms with Crippen LogP contribution in [0.1, 0.15) is 20.8 Å². The number of amides is 1. The van der Waals surface area contributed by atoms with Gasteiger partial charge in [0.15, 0.2) is 0 Å². The van der Waals surface area contributed by atoms with Gasteiger partial charge in [0.05, 0.1) is 5.69 Å². The summed E-state index contributed by atoms with van der Waals surface area (Å²) in [5.41, 5.74) is -0.0718. The first-order valence-corrected chi connectivity index (χ1v) is 8.14. The molecule has 1 aromatic rings. The molecule has 1 aliphatic heterocycles. The lowest BCUT2D eigenvalue weighted by atomic mass is 10.2. The Labute approximate surface area is 141 Å². The standard InChI is InChI=1S/C17H25F2N3O2/c1-17(2,3)24-16(23)20-6-7-21-8-10-22(11-9-21)15-5-4-13(18)12-14(15)19/h4-5,12H,6-11H2,1-3H3,(H,20,23). The van der Waals surface area contributed by atoms with Gasteiger partial charge in [-0.1, -0.05) is 0 Å². The van der Waals surface area contributed by atoms with E-state index in [1.165, 1.54) is 12.1 Å². The zero-order valence-corrected chi connectivity index (χ0v) is 14.4. The molecule has 0 unspecified atom stereocenters. The summed E-state index contributed by atoms with van der Waals surface area (Å²) in [4.78, 5) is 15.7. The van der Waals surface area contributed by atoms with E-state index in [2.05, 4.69) is 10.2 Å². The average Bonchev–Trinajstić information content (AvgIpc) is 2.46. The number of hydrogen-bond acceptors (Lipinski definition) is 4. The van der Waals surface area contributed by atoms with E-state index in [4.69, 9.17) is 4.74 Å². The summed E-state index contributed by atoms with van der Waals surface area (Å²) in [5, 5.41) is 2.73. The van der Waals surface area contributed by atoms with Gasteiger partial charge in [-0.3, -0.25) is 4.90 Å². The fourth-order valence-electron chi connectivity index (χ4n) is 2.58. The van der Waals surface area contributed by atoms with Crippen molar-refractivity contribution in [2.75, 3.05) is 44.2 Å². The van der Waals surface area contributed by atoms with Gasteiger partial charge in [0.2, 0.25) is 0 Å². The highest BCUT2D eigenvalue weighted by Gasteiger charge is 2.20. The van der Waals surface area contributed by atoms with Gasteiger partial charge in [-0.05, 0) is 32.9 Å². The molecule has 24 heavy (non-hydrogen) atoms. The van der Waals surface area contributed by atoms with Gasteiger partial charge in [-0.15, -0.1) is 0 Å². The van der Waals surface area contributed by atoms with Crippen LogP contribution in [0.3, 0.4) is 0 Å². The summed E-state index contributed by atoms with van der Waals surface area (Å²) < 4.78 is 32.0. The van der Waals surface area contributed by atoms with Crippen LogP contribution in [0.2, 0.25) is 0 Å². The fourth-order valence-corrected chi connectivity index (χ4v) is 2.58. The summed E-state index contributed by atoms with van der Waals surface area (Å²) in [6, 6.07) is 3.66. The number of halogens is 2. The highest BCUT2D eigenvalue weighted by Crippen LogP contribution is 2.21. The number of carbonyl (C=O) groups is 1. The Morgan fingerprint density at radius 3 is 2.46 bits per heavy atom. The van der Waals surface area contributed by atoms with Gasteiger partial charge >= 0.3 is 6.09 Å². The quantitative estimate of drug-likeness (QED) is 0.914. The smallest absolute Gasteiger partial charge is 0.407 e. The molecule has 1 fully saturated rings. The number of ether oxygens (including phenoxy) is 1. The Morgan fingerprint density at radius 1 is 1.21 bits per heavy atom. The summed E-state index contributed by atoms with van der Waals surface area (Å²) in [6.45, 7) is 9.50. The molecule has 0 aromatic heterocycles. The van der Waals surface area contributed by atoms with Crippen LogP contribution in [0.5, 0.6) is 0 Å². The third-order valence-electron chi connectivity index (χ3n) is 3.72. The number of nitrogens with zero attached hydrogens (tertiary/aromatic N) is 2. The van der Waals surface area contributed by atoms with E-state index in [0.717, 1.165) is 19.2 Å². The largest absolute Gasteiger partial charge is 0.444 e. The molecule has 0 aliphatic carbocycles. The molecule has 7 heteroatoms. The molecule has 2 rings (SSSR count). The topological polar surface area (TPSA) is 44.8 Å². The van der Waals surface area contributed by atoms with Crippen molar-refractivity contribution in [2.24, 2.45) is 0 Å². The monoisotopic (exact) mass is 341 g/mol. The Morgan fingerprint density at radius 2 is 1.88 bits per heavy atom. The zero-order valence-electron chi connectivity index (χ0n) is 14.4. The fraction of sp³-hybridized carbons (Fsp3) is 0.588. The van der Waals surface area contributed by atoms with Crippen LogP contribution in [0, 0.1) is 11.6 Å². The van der Waals surface area contributed by atoms with E-state index >= 15 is 0 Å². The number of anilines is 1. The zero-order chi connectivity index (χ0) is 17.7. The molecule has 0 radical (unpaired) electrons. The van der Waals surface area contributed by atoms with Crippen LogP contribution in [-0.4, -0.2) is 55.9 Å². The highest BCUT2D eigenvalue weighted by atomic mass is 19.1. The van der Waals surface area contributed by atoms with Crippen LogP contribution in [0.4, 0.5) is 19.3 Å². The molecule has 0 spiro atoms. The number of piperazine rings is 1. The minimum absolute atomic E-state index is 0.422. The molecule has 0 bridgehead atoms. The Kier molecular flexibility index (Phi) is 5.99. The van der Waals surface area contributed by atoms with Gasteiger partial charge in [0, 0.05) is 45.3 Å². The summed E-state index contributed by atoms with van der Waals surface area (Å²) in [7, 11) is 0. The molecule has 134 valence electrons. The lowest BCUT2D eigenvalue weighted by Crippen LogP contribution is -2.49. The molecule has 1 heterocycles. The first-order valence-electron chi connectivity index (χ1n) is 8.14. The van der Waals surface area contributed by atoms with Crippen molar-refractivity contribution < 1.29 is 18.3 Å². The normalized spacial score (nSPS) is 16.1. The van der Waals surface area contributed by atoms with Gasteiger partial charge in [-0.2, -0.15) is 0 Å². The van der Waals surface area contributed by atoms with E-state index in [1.807, 2.05) is 25.7 Å². The van der Waals surface area contributed by atoms with Crippen molar-refractivity contribution >= 4 is 11.8 Å². The molecule has 1 aromatic carbocycles. The van der Waals surface area contributed by atoms with Crippen LogP contribution < -0.4 is 10.2 Å². The van der Waals surface area contributed by atoms with Crippen LogP contribution in [-0.2, 0) is 4.74 Å². The predicted molar refractivity (Wildman–Crippen MR) is 89.2 cm³/mol. The molecule has 1 aliphatic rings. The van der Waals surface area contributed by atoms with Crippen molar-refractivity contribution in [1.82, 2.24) is 10.2 Å². The molecule has 0 saturated carbocycles. The lowest BCUT2D eigenvalue weighted by Gasteiger charge is -2.36. The molecule has 5 nitrogen and oxygen atoms in total.